The van der Waals surface area contributed by atoms with Gasteiger partial charge in [0.2, 0.25) is 0 Å². The molecule has 4 heteroatoms. The van der Waals surface area contributed by atoms with E-state index in [4.69, 9.17) is 9.84 Å². The first-order valence-electron chi connectivity index (χ1n) is 5.44. The average Bonchev–Trinajstić information content (AvgIpc) is 2.43. The molecule has 0 spiro atoms. The van der Waals surface area contributed by atoms with Crippen molar-refractivity contribution in [2.45, 2.75) is 45.8 Å². The first-order valence-corrected chi connectivity index (χ1v) is 5.44. The van der Waals surface area contributed by atoms with Crippen LogP contribution in [0.15, 0.2) is 0 Å². The molecule has 0 radical (unpaired) electrons. The predicted octanol–water partition coefficient (Wildman–Crippen LogP) is 1.62. The summed E-state index contributed by atoms with van der Waals surface area (Å²) in [4.78, 5) is 13.4. The van der Waals surface area contributed by atoms with Crippen molar-refractivity contribution in [3.05, 3.63) is 0 Å². The molecule has 88 valence electrons. The number of aliphatic hydroxyl groups excluding tert-OH is 1. The SMILES string of the molecule is C[C@H]1C[C@@H](CO)N(C(=O)OC(C)(C)C)C1. The van der Waals surface area contributed by atoms with Crippen molar-refractivity contribution in [3.8, 4) is 0 Å². The Morgan fingerprint density at radius 3 is 2.60 bits per heavy atom. The summed E-state index contributed by atoms with van der Waals surface area (Å²) in [6.07, 6.45) is 0.543. The molecular formula is C11H21NO3. The van der Waals surface area contributed by atoms with Crippen LogP contribution in [-0.2, 0) is 4.74 Å². The highest BCUT2D eigenvalue weighted by Gasteiger charge is 2.35. The normalized spacial score (nSPS) is 26.9. The molecule has 1 rings (SSSR count). The number of likely N-dealkylation sites (tertiary alicyclic amines) is 1. The number of carbonyl (C=O) groups is 1. The summed E-state index contributed by atoms with van der Waals surface area (Å²) in [7, 11) is 0. The molecule has 1 aliphatic heterocycles. The lowest BCUT2D eigenvalue weighted by Gasteiger charge is -2.27. The van der Waals surface area contributed by atoms with E-state index in [1.807, 2.05) is 20.8 Å². The standard InChI is InChI=1S/C11H21NO3/c1-8-5-9(7-13)12(6-8)10(14)15-11(2,3)4/h8-9,13H,5-7H2,1-4H3/t8-,9-/m0/s1. The molecule has 4 nitrogen and oxygen atoms in total. The van der Waals surface area contributed by atoms with E-state index in [1.54, 1.807) is 4.90 Å². The number of hydrogen-bond donors (Lipinski definition) is 1. The van der Waals surface area contributed by atoms with Gasteiger partial charge in [-0.3, -0.25) is 0 Å². The van der Waals surface area contributed by atoms with Crippen molar-refractivity contribution in [1.82, 2.24) is 4.90 Å². The largest absolute Gasteiger partial charge is 0.444 e. The molecule has 0 saturated carbocycles. The van der Waals surface area contributed by atoms with Gasteiger partial charge in [-0.05, 0) is 33.1 Å². The summed E-state index contributed by atoms with van der Waals surface area (Å²) < 4.78 is 5.28. The fourth-order valence-corrected chi connectivity index (χ4v) is 1.87. The second-order valence-corrected chi connectivity index (χ2v) is 5.31. The Kier molecular flexibility index (Phi) is 3.60. The van der Waals surface area contributed by atoms with Gasteiger partial charge in [0.1, 0.15) is 5.60 Å². The summed E-state index contributed by atoms with van der Waals surface area (Å²) >= 11 is 0. The molecule has 1 saturated heterocycles. The molecule has 0 aromatic heterocycles. The van der Waals surface area contributed by atoms with E-state index in [0.29, 0.717) is 12.5 Å². The van der Waals surface area contributed by atoms with E-state index in [1.165, 1.54) is 0 Å². The van der Waals surface area contributed by atoms with Crippen LogP contribution >= 0.6 is 0 Å². The van der Waals surface area contributed by atoms with E-state index in [-0.39, 0.29) is 18.7 Å². The fraction of sp³-hybridized carbons (Fsp3) is 0.909. The lowest BCUT2D eigenvalue weighted by molar-refractivity contribution is 0.0173. The van der Waals surface area contributed by atoms with Crippen molar-refractivity contribution in [2.75, 3.05) is 13.2 Å². The highest BCUT2D eigenvalue weighted by molar-refractivity contribution is 5.69. The van der Waals surface area contributed by atoms with Crippen molar-refractivity contribution in [1.29, 1.82) is 0 Å². The maximum atomic E-state index is 11.8. The van der Waals surface area contributed by atoms with Crippen LogP contribution in [0.4, 0.5) is 4.79 Å². The van der Waals surface area contributed by atoms with E-state index < -0.39 is 5.60 Å². The number of nitrogens with zero attached hydrogens (tertiary/aromatic N) is 1. The third kappa shape index (κ3) is 3.38. The van der Waals surface area contributed by atoms with Crippen LogP contribution in [0, 0.1) is 5.92 Å². The zero-order chi connectivity index (χ0) is 11.6. The molecule has 0 aromatic rings. The van der Waals surface area contributed by atoms with Gasteiger partial charge in [0.15, 0.2) is 0 Å². The van der Waals surface area contributed by atoms with Crippen LogP contribution in [0.25, 0.3) is 0 Å². The quantitative estimate of drug-likeness (QED) is 0.723. The van der Waals surface area contributed by atoms with Gasteiger partial charge < -0.3 is 14.7 Å². The summed E-state index contributed by atoms with van der Waals surface area (Å²) in [5, 5.41) is 9.15. The topological polar surface area (TPSA) is 49.8 Å². The Morgan fingerprint density at radius 2 is 2.13 bits per heavy atom. The molecule has 1 N–H and O–H groups in total. The highest BCUT2D eigenvalue weighted by atomic mass is 16.6. The number of amides is 1. The minimum Gasteiger partial charge on any atom is -0.444 e. The molecule has 15 heavy (non-hydrogen) atoms. The first kappa shape index (κ1) is 12.3. The van der Waals surface area contributed by atoms with Gasteiger partial charge in [-0.25, -0.2) is 4.79 Å². The number of ether oxygens (including phenoxy) is 1. The number of aliphatic hydroxyl groups is 1. The van der Waals surface area contributed by atoms with Crippen LogP contribution < -0.4 is 0 Å². The van der Waals surface area contributed by atoms with Crippen molar-refractivity contribution in [3.63, 3.8) is 0 Å². The van der Waals surface area contributed by atoms with Gasteiger partial charge >= 0.3 is 6.09 Å². The monoisotopic (exact) mass is 215 g/mol. The number of hydrogen-bond acceptors (Lipinski definition) is 3. The van der Waals surface area contributed by atoms with E-state index in [9.17, 15) is 4.79 Å². The minimum atomic E-state index is -0.469. The highest BCUT2D eigenvalue weighted by Crippen LogP contribution is 2.24. The molecule has 1 amide bonds. The molecule has 0 aliphatic carbocycles. The van der Waals surface area contributed by atoms with Gasteiger partial charge in [0.25, 0.3) is 0 Å². The second kappa shape index (κ2) is 4.39. The summed E-state index contributed by atoms with van der Waals surface area (Å²) in [5.41, 5.74) is -0.469. The lowest BCUT2D eigenvalue weighted by Crippen LogP contribution is -2.41. The first-order chi connectivity index (χ1) is 6.83. The van der Waals surface area contributed by atoms with Crippen LogP contribution in [0.2, 0.25) is 0 Å². The maximum Gasteiger partial charge on any atom is 0.410 e. The van der Waals surface area contributed by atoms with Crippen molar-refractivity contribution >= 4 is 6.09 Å². The zero-order valence-electron chi connectivity index (χ0n) is 9.99. The Bertz CT molecular complexity index is 234. The number of carbonyl (C=O) groups excluding carboxylic acids is 1. The van der Waals surface area contributed by atoms with Crippen molar-refractivity contribution < 1.29 is 14.6 Å². The van der Waals surface area contributed by atoms with Gasteiger partial charge in [0, 0.05) is 6.54 Å². The molecule has 0 unspecified atom stereocenters. The predicted molar refractivity (Wildman–Crippen MR) is 57.6 cm³/mol. The third-order valence-electron chi connectivity index (χ3n) is 2.46. The van der Waals surface area contributed by atoms with Gasteiger partial charge in [0.05, 0.1) is 12.6 Å². The second-order valence-electron chi connectivity index (χ2n) is 5.31. The van der Waals surface area contributed by atoms with E-state index in [0.717, 1.165) is 6.42 Å². The Labute approximate surface area is 91.2 Å². The molecule has 1 heterocycles. The average molecular weight is 215 g/mol. The van der Waals surface area contributed by atoms with E-state index >= 15 is 0 Å². The Balaban J connectivity index is 2.59. The zero-order valence-corrected chi connectivity index (χ0v) is 9.99. The minimum absolute atomic E-state index is 0.0174. The molecule has 2 atom stereocenters. The number of rotatable bonds is 1. The molecular weight excluding hydrogens is 194 g/mol. The Morgan fingerprint density at radius 1 is 1.53 bits per heavy atom. The van der Waals surface area contributed by atoms with Crippen LogP contribution in [0.5, 0.6) is 0 Å². The molecule has 0 aromatic carbocycles. The summed E-state index contributed by atoms with van der Waals surface area (Å²) in [6.45, 7) is 8.31. The van der Waals surface area contributed by atoms with Crippen LogP contribution in [0.3, 0.4) is 0 Å². The summed E-state index contributed by atoms with van der Waals surface area (Å²) in [6, 6.07) is -0.0742. The maximum absolute atomic E-state index is 11.8. The van der Waals surface area contributed by atoms with Gasteiger partial charge in [-0.1, -0.05) is 6.92 Å². The van der Waals surface area contributed by atoms with Crippen molar-refractivity contribution in [2.24, 2.45) is 5.92 Å². The van der Waals surface area contributed by atoms with Crippen LogP contribution in [-0.4, -0.2) is 40.9 Å². The smallest absolute Gasteiger partial charge is 0.410 e. The fourth-order valence-electron chi connectivity index (χ4n) is 1.87. The van der Waals surface area contributed by atoms with Crippen LogP contribution in [0.1, 0.15) is 34.1 Å². The van der Waals surface area contributed by atoms with Gasteiger partial charge in [-0.15, -0.1) is 0 Å². The molecule has 1 aliphatic rings. The summed E-state index contributed by atoms with van der Waals surface area (Å²) in [5.74, 6) is 0.440. The van der Waals surface area contributed by atoms with Gasteiger partial charge in [-0.2, -0.15) is 0 Å². The molecule has 1 fully saturated rings. The third-order valence-corrected chi connectivity index (χ3v) is 2.46. The lowest BCUT2D eigenvalue weighted by atomic mass is 10.1. The van der Waals surface area contributed by atoms with E-state index in [2.05, 4.69) is 6.92 Å². The molecule has 0 bridgehead atoms. The Hall–Kier alpha value is -0.770.